The van der Waals surface area contributed by atoms with E-state index in [4.69, 9.17) is 4.74 Å². The van der Waals surface area contributed by atoms with Gasteiger partial charge in [0, 0.05) is 5.57 Å². The lowest BCUT2D eigenvalue weighted by atomic mass is 10.2. The van der Waals surface area contributed by atoms with E-state index in [-0.39, 0.29) is 11.9 Å². The van der Waals surface area contributed by atoms with Gasteiger partial charge in [0.25, 0.3) is 0 Å². The van der Waals surface area contributed by atoms with Crippen LogP contribution in [-0.4, -0.2) is 25.7 Å². The first-order valence-corrected chi connectivity index (χ1v) is 6.75. The molecule has 0 aromatic heterocycles. The number of hydrogen-bond acceptors (Lipinski definition) is 4. The third-order valence-corrected chi connectivity index (χ3v) is 2.35. The van der Waals surface area contributed by atoms with Crippen LogP contribution < -0.4 is 0 Å². The molecule has 0 radical (unpaired) electrons. The summed E-state index contributed by atoms with van der Waals surface area (Å²) in [6.45, 7) is 10.7. The van der Waals surface area contributed by atoms with Crippen molar-refractivity contribution in [1.29, 1.82) is 0 Å². The Bertz CT molecular complexity index is 541. The van der Waals surface area contributed by atoms with Crippen LogP contribution >= 0.6 is 0 Å². The van der Waals surface area contributed by atoms with Gasteiger partial charge in [-0.3, -0.25) is 0 Å². The predicted octanol–water partition coefficient (Wildman–Crippen LogP) is 3.55. The van der Waals surface area contributed by atoms with E-state index in [9.17, 15) is 9.59 Å². The van der Waals surface area contributed by atoms with Gasteiger partial charge in [-0.25, -0.2) is 9.59 Å². The number of methoxy groups -OCH3 is 1. The van der Waals surface area contributed by atoms with Crippen molar-refractivity contribution in [3.63, 3.8) is 0 Å². The highest BCUT2D eigenvalue weighted by atomic mass is 16.5. The lowest BCUT2D eigenvalue weighted by Gasteiger charge is -1.99. The number of benzene rings is 1. The first-order valence-electron chi connectivity index (χ1n) is 6.75. The Hall–Kier alpha value is -2.62. The SMILES string of the molecule is C=C(C)C(=O)OC.C=C(C=Cc1ccccc1)C(=O)OCC. The fourth-order valence-corrected chi connectivity index (χ4v) is 1.23. The smallest absolute Gasteiger partial charge is 0.337 e. The zero-order valence-electron chi connectivity index (χ0n) is 13.3. The van der Waals surface area contributed by atoms with E-state index in [0.717, 1.165) is 5.56 Å². The Labute approximate surface area is 131 Å². The average Bonchev–Trinajstić information content (AvgIpc) is 2.53. The monoisotopic (exact) mass is 302 g/mol. The van der Waals surface area contributed by atoms with Crippen LogP contribution in [0.1, 0.15) is 19.4 Å². The van der Waals surface area contributed by atoms with Crippen LogP contribution in [0.2, 0.25) is 0 Å². The number of rotatable bonds is 5. The van der Waals surface area contributed by atoms with Gasteiger partial charge in [-0.1, -0.05) is 49.6 Å². The maximum absolute atomic E-state index is 11.2. The van der Waals surface area contributed by atoms with Crippen LogP contribution in [-0.2, 0) is 19.1 Å². The summed E-state index contributed by atoms with van der Waals surface area (Å²) in [5.41, 5.74) is 1.83. The van der Waals surface area contributed by atoms with Gasteiger partial charge in [-0.15, -0.1) is 0 Å². The van der Waals surface area contributed by atoms with Gasteiger partial charge in [0.2, 0.25) is 0 Å². The maximum atomic E-state index is 11.2. The van der Waals surface area contributed by atoms with Crippen LogP contribution in [0.25, 0.3) is 6.08 Å². The minimum absolute atomic E-state index is 0.347. The van der Waals surface area contributed by atoms with Crippen LogP contribution in [0, 0.1) is 0 Å². The fraction of sp³-hybridized carbons (Fsp3) is 0.222. The topological polar surface area (TPSA) is 52.6 Å². The number of carbonyl (C=O) groups excluding carboxylic acids is 2. The van der Waals surface area contributed by atoms with Crippen molar-refractivity contribution in [2.75, 3.05) is 13.7 Å². The van der Waals surface area contributed by atoms with E-state index < -0.39 is 0 Å². The third-order valence-electron chi connectivity index (χ3n) is 2.35. The zero-order chi connectivity index (χ0) is 17.0. The van der Waals surface area contributed by atoms with Crippen molar-refractivity contribution in [3.8, 4) is 0 Å². The largest absolute Gasteiger partial charge is 0.466 e. The van der Waals surface area contributed by atoms with E-state index >= 15 is 0 Å². The molecule has 0 spiro atoms. The zero-order valence-corrected chi connectivity index (χ0v) is 13.3. The molecule has 1 aromatic rings. The van der Waals surface area contributed by atoms with Gasteiger partial charge in [-0.2, -0.15) is 0 Å². The van der Waals surface area contributed by atoms with Gasteiger partial charge in [0.05, 0.1) is 19.3 Å². The quantitative estimate of drug-likeness (QED) is 0.474. The van der Waals surface area contributed by atoms with Crippen LogP contribution in [0.4, 0.5) is 0 Å². The molecule has 0 aliphatic heterocycles. The molecule has 4 nitrogen and oxygen atoms in total. The number of carbonyl (C=O) groups is 2. The molecule has 0 heterocycles. The normalized spacial score (nSPS) is 9.41. The molecule has 0 saturated carbocycles. The molecule has 4 heteroatoms. The molecular formula is C18H22O4. The van der Waals surface area contributed by atoms with Crippen molar-refractivity contribution in [2.45, 2.75) is 13.8 Å². The number of ether oxygens (including phenoxy) is 2. The van der Waals surface area contributed by atoms with Crippen LogP contribution in [0.15, 0.2) is 60.7 Å². The predicted molar refractivity (Wildman–Crippen MR) is 88.1 cm³/mol. The second-order valence-electron chi connectivity index (χ2n) is 4.26. The van der Waals surface area contributed by atoms with E-state index in [1.807, 2.05) is 36.4 Å². The maximum Gasteiger partial charge on any atom is 0.337 e. The summed E-state index contributed by atoms with van der Waals surface area (Å²) in [5, 5.41) is 0. The molecule has 0 N–H and O–H groups in total. The molecule has 0 atom stereocenters. The summed E-state index contributed by atoms with van der Waals surface area (Å²) in [4.78, 5) is 21.4. The molecule has 1 aromatic carbocycles. The Morgan fingerprint density at radius 2 is 1.73 bits per heavy atom. The van der Waals surface area contributed by atoms with E-state index in [0.29, 0.717) is 17.8 Å². The highest BCUT2D eigenvalue weighted by Gasteiger charge is 2.02. The van der Waals surface area contributed by atoms with Gasteiger partial charge in [0.15, 0.2) is 0 Å². The van der Waals surface area contributed by atoms with E-state index in [1.165, 1.54) is 7.11 Å². The summed E-state index contributed by atoms with van der Waals surface area (Å²) in [5.74, 6) is -0.718. The molecule has 0 aliphatic rings. The first-order chi connectivity index (χ1) is 10.4. The lowest BCUT2D eigenvalue weighted by molar-refractivity contribution is -0.138. The molecule has 0 fully saturated rings. The summed E-state index contributed by atoms with van der Waals surface area (Å²) in [7, 11) is 1.33. The number of esters is 2. The van der Waals surface area contributed by atoms with E-state index in [2.05, 4.69) is 17.9 Å². The van der Waals surface area contributed by atoms with Crippen molar-refractivity contribution < 1.29 is 19.1 Å². The highest BCUT2D eigenvalue weighted by Crippen LogP contribution is 2.05. The Balaban J connectivity index is 0.000000534. The first kappa shape index (κ1) is 19.4. The van der Waals surface area contributed by atoms with Gasteiger partial charge in [0.1, 0.15) is 0 Å². The molecule has 0 aliphatic carbocycles. The van der Waals surface area contributed by atoms with Crippen molar-refractivity contribution in [2.24, 2.45) is 0 Å². The molecule has 0 saturated heterocycles. The molecule has 0 unspecified atom stereocenters. The highest BCUT2D eigenvalue weighted by molar-refractivity contribution is 5.92. The molecule has 1 rings (SSSR count). The van der Waals surface area contributed by atoms with Crippen LogP contribution in [0.5, 0.6) is 0 Å². The summed E-state index contributed by atoms with van der Waals surface area (Å²) >= 11 is 0. The second kappa shape index (κ2) is 11.1. The van der Waals surface area contributed by atoms with E-state index in [1.54, 1.807) is 19.9 Å². The third kappa shape index (κ3) is 8.53. The summed E-state index contributed by atoms with van der Waals surface area (Å²) in [6, 6.07) is 9.72. The van der Waals surface area contributed by atoms with Gasteiger partial charge >= 0.3 is 11.9 Å². The Morgan fingerprint density at radius 3 is 2.14 bits per heavy atom. The number of hydrogen-bond donors (Lipinski definition) is 0. The summed E-state index contributed by atoms with van der Waals surface area (Å²) in [6.07, 6.45) is 3.49. The minimum Gasteiger partial charge on any atom is -0.466 e. The van der Waals surface area contributed by atoms with Gasteiger partial charge < -0.3 is 9.47 Å². The van der Waals surface area contributed by atoms with Crippen molar-refractivity contribution in [1.82, 2.24) is 0 Å². The Kier molecular flexibility index (Phi) is 9.76. The van der Waals surface area contributed by atoms with Crippen molar-refractivity contribution >= 4 is 18.0 Å². The molecule has 22 heavy (non-hydrogen) atoms. The molecule has 118 valence electrons. The standard InChI is InChI=1S/C13H14O2.C5H8O2/c1-3-15-13(14)11(2)9-10-12-7-5-4-6-8-12;1-4(2)5(6)7-3/h4-10H,2-3H2,1H3;1H2,2-3H3. The average molecular weight is 302 g/mol. The Morgan fingerprint density at radius 1 is 1.14 bits per heavy atom. The van der Waals surface area contributed by atoms with Crippen LogP contribution in [0.3, 0.4) is 0 Å². The molecule has 0 bridgehead atoms. The second-order valence-corrected chi connectivity index (χ2v) is 4.26. The van der Waals surface area contributed by atoms with Crippen molar-refractivity contribution in [3.05, 3.63) is 66.3 Å². The minimum atomic E-state index is -0.371. The lowest BCUT2D eigenvalue weighted by Crippen LogP contribution is -2.04. The van der Waals surface area contributed by atoms with Gasteiger partial charge in [-0.05, 0) is 25.5 Å². The fourth-order valence-electron chi connectivity index (χ4n) is 1.23. The molecular weight excluding hydrogens is 280 g/mol. The summed E-state index contributed by atoms with van der Waals surface area (Å²) < 4.78 is 9.08. The molecule has 0 amide bonds.